The van der Waals surface area contributed by atoms with Crippen LogP contribution in [0.1, 0.15) is 19.4 Å². The van der Waals surface area contributed by atoms with Gasteiger partial charge in [-0.1, -0.05) is 28.1 Å². The molecular weight excluding hydrogens is 420 g/mol. The number of nitrogens with one attached hydrogen (secondary N) is 1. The Morgan fingerprint density at radius 2 is 2.04 bits per heavy atom. The number of nitrogens with zero attached hydrogens (tertiary/aromatic N) is 1. The summed E-state index contributed by atoms with van der Waals surface area (Å²) in [5, 5.41) is 0. The lowest BCUT2D eigenvalue weighted by molar-refractivity contribution is -0.116. The van der Waals surface area contributed by atoms with Crippen molar-refractivity contribution in [3.05, 3.63) is 46.4 Å². The van der Waals surface area contributed by atoms with E-state index in [1.165, 1.54) is 17.9 Å². The second-order valence-electron chi connectivity index (χ2n) is 5.87. The topological polar surface area (TPSA) is 75.7 Å². The highest BCUT2D eigenvalue weighted by Crippen LogP contribution is 2.38. The van der Waals surface area contributed by atoms with E-state index in [2.05, 4.69) is 20.7 Å². The van der Waals surface area contributed by atoms with E-state index in [1.54, 1.807) is 24.3 Å². The van der Waals surface area contributed by atoms with E-state index in [9.17, 15) is 13.2 Å². The van der Waals surface area contributed by atoms with Crippen LogP contribution in [0, 0.1) is 0 Å². The Labute approximate surface area is 161 Å². The average molecular weight is 439 g/mol. The van der Waals surface area contributed by atoms with Crippen molar-refractivity contribution >= 4 is 43.2 Å². The van der Waals surface area contributed by atoms with Crippen LogP contribution in [0.15, 0.2) is 45.8 Å². The maximum atomic E-state index is 13.1. The number of hydrogen-bond acceptors (Lipinski definition) is 4. The van der Waals surface area contributed by atoms with Gasteiger partial charge in [-0.15, -0.1) is 0 Å². The van der Waals surface area contributed by atoms with E-state index in [1.807, 2.05) is 13.0 Å². The van der Waals surface area contributed by atoms with Gasteiger partial charge in [-0.2, -0.15) is 0 Å². The number of sulfonamides is 1. The van der Waals surface area contributed by atoms with Crippen LogP contribution in [0.3, 0.4) is 0 Å². The van der Waals surface area contributed by atoms with E-state index in [0.717, 1.165) is 5.56 Å². The molecule has 26 heavy (non-hydrogen) atoms. The van der Waals surface area contributed by atoms with Crippen molar-refractivity contribution in [2.75, 3.05) is 22.8 Å². The summed E-state index contributed by atoms with van der Waals surface area (Å²) in [7, 11) is -3.92. The molecular formula is C18H19BrN2O4S. The zero-order valence-corrected chi connectivity index (χ0v) is 16.9. The van der Waals surface area contributed by atoms with E-state index < -0.39 is 10.0 Å². The molecule has 1 aliphatic rings. The van der Waals surface area contributed by atoms with Crippen molar-refractivity contribution in [2.45, 2.75) is 25.2 Å². The summed E-state index contributed by atoms with van der Waals surface area (Å²) >= 11 is 3.37. The number of fused-ring (bicyclic) bond motifs is 1. The van der Waals surface area contributed by atoms with Gasteiger partial charge in [0.15, 0.2) is 0 Å². The third-order valence-corrected chi connectivity index (χ3v) is 5.93. The molecule has 2 aromatic rings. The third kappa shape index (κ3) is 3.57. The van der Waals surface area contributed by atoms with Crippen molar-refractivity contribution in [1.29, 1.82) is 0 Å². The number of hydrogen-bond donors (Lipinski definition) is 1. The Bertz CT molecular complexity index is 960. The van der Waals surface area contributed by atoms with E-state index >= 15 is 0 Å². The van der Waals surface area contributed by atoms with Gasteiger partial charge >= 0.3 is 0 Å². The van der Waals surface area contributed by atoms with Gasteiger partial charge in [0.05, 0.1) is 18.0 Å². The SMILES string of the molecule is CCOc1ccccc1NS(=O)(=O)c1cc(Br)cc2c1N(C(C)=O)CC2. The molecule has 2 aromatic carbocycles. The van der Waals surface area contributed by atoms with Crippen LogP contribution < -0.4 is 14.4 Å². The minimum Gasteiger partial charge on any atom is -0.492 e. The third-order valence-electron chi connectivity index (χ3n) is 4.09. The first-order chi connectivity index (χ1) is 12.3. The lowest BCUT2D eigenvalue weighted by Crippen LogP contribution is -2.28. The predicted molar refractivity (Wildman–Crippen MR) is 104 cm³/mol. The molecule has 0 unspecified atom stereocenters. The largest absolute Gasteiger partial charge is 0.492 e. The molecule has 138 valence electrons. The van der Waals surface area contributed by atoms with E-state index in [4.69, 9.17) is 4.74 Å². The summed E-state index contributed by atoms with van der Waals surface area (Å²) in [6.45, 7) is 4.16. The lowest BCUT2D eigenvalue weighted by atomic mass is 10.2. The first kappa shape index (κ1) is 18.7. The number of carbonyl (C=O) groups is 1. The predicted octanol–water partition coefficient (Wildman–Crippen LogP) is 3.56. The molecule has 0 fully saturated rings. The zero-order valence-electron chi connectivity index (χ0n) is 14.5. The minimum atomic E-state index is -3.92. The Morgan fingerprint density at radius 1 is 1.31 bits per heavy atom. The molecule has 0 aromatic heterocycles. The molecule has 8 heteroatoms. The van der Waals surface area contributed by atoms with Crippen molar-refractivity contribution in [1.82, 2.24) is 0 Å². The number of ether oxygens (including phenoxy) is 1. The van der Waals surface area contributed by atoms with Crippen molar-refractivity contribution in [3.63, 3.8) is 0 Å². The fraction of sp³-hybridized carbons (Fsp3) is 0.278. The first-order valence-electron chi connectivity index (χ1n) is 8.18. The molecule has 0 saturated carbocycles. The standard InChI is InChI=1S/C18H19BrN2O4S/c1-3-25-16-7-5-4-6-15(16)20-26(23,24)17-11-14(19)10-13-8-9-21(12(2)22)18(13)17/h4-7,10-11,20H,3,8-9H2,1-2H3. The number of amides is 1. The van der Waals surface area contributed by atoms with Crippen LogP contribution in [0.5, 0.6) is 5.75 Å². The number of benzene rings is 2. The molecule has 6 nitrogen and oxygen atoms in total. The second kappa shape index (κ2) is 7.28. The van der Waals surface area contributed by atoms with Gasteiger partial charge < -0.3 is 9.64 Å². The molecule has 1 aliphatic heterocycles. The van der Waals surface area contributed by atoms with Crippen molar-refractivity contribution < 1.29 is 17.9 Å². The first-order valence-corrected chi connectivity index (χ1v) is 10.5. The van der Waals surface area contributed by atoms with Gasteiger partial charge in [-0.25, -0.2) is 8.42 Å². The molecule has 0 bridgehead atoms. The highest BCUT2D eigenvalue weighted by molar-refractivity contribution is 9.10. The number of anilines is 2. The van der Waals surface area contributed by atoms with Crippen LogP contribution in [0.2, 0.25) is 0 Å². The van der Waals surface area contributed by atoms with Crippen molar-refractivity contribution in [3.8, 4) is 5.75 Å². The van der Waals surface area contributed by atoms with Crippen LogP contribution in [-0.2, 0) is 21.2 Å². The summed E-state index contributed by atoms with van der Waals surface area (Å²) in [4.78, 5) is 13.5. The van der Waals surface area contributed by atoms with Gasteiger partial charge in [0.1, 0.15) is 10.6 Å². The van der Waals surface area contributed by atoms with Gasteiger partial charge in [0.25, 0.3) is 10.0 Å². The number of para-hydroxylation sites is 2. The summed E-state index contributed by atoms with van der Waals surface area (Å²) in [5.74, 6) is 0.269. The van der Waals surface area contributed by atoms with Gasteiger partial charge in [-0.3, -0.25) is 9.52 Å². The Hall–Kier alpha value is -2.06. The summed E-state index contributed by atoms with van der Waals surface area (Å²) in [6, 6.07) is 10.2. The second-order valence-corrected chi connectivity index (χ2v) is 8.43. The smallest absolute Gasteiger partial charge is 0.264 e. The fourth-order valence-electron chi connectivity index (χ4n) is 3.02. The molecule has 0 atom stereocenters. The summed E-state index contributed by atoms with van der Waals surface area (Å²) in [5.41, 5.74) is 1.63. The molecule has 0 spiro atoms. The highest BCUT2D eigenvalue weighted by atomic mass is 79.9. The molecule has 1 heterocycles. The van der Waals surface area contributed by atoms with Gasteiger partial charge in [0, 0.05) is 17.9 Å². The number of halogens is 1. The summed E-state index contributed by atoms with van der Waals surface area (Å²) < 4.78 is 35.0. The van der Waals surface area contributed by atoms with Crippen LogP contribution in [0.25, 0.3) is 0 Å². The Morgan fingerprint density at radius 3 is 2.73 bits per heavy atom. The van der Waals surface area contributed by atoms with Gasteiger partial charge in [-0.05, 0) is 43.2 Å². The van der Waals surface area contributed by atoms with Crippen LogP contribution in [-0.4, -0.2) is 27.5 Å². The molecule has 1 amide bonds. The van der Waals surface area contributed by atoms with Crippen molar-refractivity contribution in [2.24, 2.45) is 0 Å². The lowest BCUT2D eigenvalue weighted by Gasteiger charge is -2.20. The fourth-order valence-corrected chi connectivity index (χ4v) is 5.02. The quantitative estimate of drug-likeness (QED) is 0.773. The number of rotatable bonds is 5. The van der Waals surface area contributed by atoms with E-state index in [-0.39, 0.29) is 10.8 Å². The molecule has 0 saturated heterocycles. The monoisotopic (exact) mass is 438 g/mol. The molecule has 3 rings (SSSR count). The maximum absolute atomic E-state index is 13.1. The molecule has 0 aliphatic carbocycles. The van der Waals surface area contributed by atoms with Crippen LogP contribution >= 0.6 is 15.9 Å². The molecule has 0 radical (unpaired) electrons. The minimum absolute atomic E-state index is 0.0703. The summed E-state index contributed by atoms with van der Waals surface area (Å²) in [6.07, 6.45) is 0.617. The molecule has 1 N–H and O–H groups in total. The van der Waals surface area contributed by atoms with Crippen LogP contribution in [0.4, 0.5) is 11.4 Å². The van der Waals surface area contributed by atoms with Gasteiger partial charge in [0.2, 0.25) is 5.91 Å². The highest BCUT2D eigenvalue weighted by Gasteiger charge is 2.31. The normalized spacial score (nSPS) is 13.4. The zero-order chi connectivity index (χ0) is 18.9. The van der Waals surface area contributed by atoms with E-state index in [0.29, 0.717) is 41.2 Å². The average Bonchev–Trinajstić information content (AvgIpc) is 2.99. The Kier molecular flexibility index (Phi) is 5.24. The number of carbonyl (C=O) groups excluding carboxylic acids is 1. The maximum Gasteiger partial charge on any atom is 0.264 e. The Balaban J connectivity index is 2.08.